The van der Waals surface area contributed by atoms with Crippen LogP contribution in [-0.4, -0.2) is 14.7 Å². The summed E-state index contributed by atoms with van der Waals surface area (Å²) in [7, 11) is -3.25. The Morgan fingerprint density at radius 2 is 1.71 bits per heavy atom. The first-order valence-electron chi connectivity index (χ1n) is 6.52. The standard InChI is InChI=1S/C16H18ClNO2S/c1-10-7-14(15(17)8-11(10)2)16(18)12-5-4-6-13(9-12)21(3,19)20/h4-9,16H,18H2,1-3H3. The second-order valence-electron chi connectivity index (χ2n) is 5.28. The lowest BCUT2D eigenvalue weighted by Crippen LogP contribution is -2.13. The molecule has 0 radical (unpaired) electrons. The maximum absolute atomic E-state index is 11.6. The van der Waals surface area contributed by atoms with Crippen LogP contribution in [0, 0.1) is 13.8 Å². The Balaban J connectivity index is 2.50. The Hall–Kier alpha value is -1.36. The summed E-state index contributed by atoms with van der Waals surface area (Å²) < 4.78 is 23.3. The highest BCUT2D eigenvalue weighted by Crippen LogP contribution is 2.30. The number of aryl methyl sites for hydroxylation is 2. The topological polar surface area (TPSA) is 60.2 Å². The van der Waals surface area contributed by atoms with Crippen molar-refractivity contribution < 1.29 is 8.42 Å². The first-order chi connectivity index (χ1) is 9.70. The van der Waals surface area contributed by atoms with Crippen LogP contribution in [-0.2, 0) is 9.84 Å². The second kappa shape index (κ2) is 5.79. The van der Waals surface area contributed by atoms with Gasteiger partial charge in [-0.3, -0.25) is 0 Å². The minimum absolute atomic E-state index is 0.260. The molecule has 0 aromatic heterocycles. The Morgan fingerprint density at radius 1 is 1.10 bits per heavy atom. The minimum atomic E-state index is -3.25. The molecular weight excluding hydrogens is 306 g/mol. The molecule has 2 rings (SSSR count). The zero-order chi connectivity index (χ0) is 15.8. The van der Waals surface area contributed by atoms with Gasteiger partial charge in [-0.15, -0.1) is 0 Å². The van der Waals surface area contributed by atoms with Crippen LogP contribution in [0.5, 0.6) is 0 Å². The minimum Gasteiger partial charge on any atom is -0.320 e. The monoisotopic (exact) mass is 323 g/mol. The van der Waals surface area contributed by atoms with E-state index in [4.69, 9.17) is 17.3 Å². The molecule has 0 heterocycles. The summed E-state index contributed by atoms with van der Waals surface area (Å²) >= 11 is 6.28. The predicted octanol–water partition coefficient (Wildman–Crippen LogP) is 3.41. The summed E-state index contributed by atoms with van der Waals surface area (Å²) in [6, 6.07) is 10.0. The fourth-order valence-corrected chi connectivity index (χ4v) is 3.17. The third-order valence-corrected chi connectivity index (χ3v) is 5.03. The van der Waals surface area contributed by atoms with E-state index in [9.17, 15) is 8.42 Å². The SMILES string of the molecule is Cc1cc(Cl)c(C(N)c2cccc(S(C)(=O)=O)c2)cc1C. The molecule has 0 saturated heterocycles. The summed E-state index contributed by atoms with van der Waals surface area (Å²) in [4.78, 5) is 0.260. The second-order valence-corrected chi connectivity index (χ2v) is 7.70. The van der Waals surface area contributed by atoms with Gasteiger partial charge >= 0.3 is 0 Å². The maximum atomic E-state index is 11.6. The lowest BCUT2D eigenvalue weighted by atomic mass is 9.96. The molecule has 0 spiro atoms. The van der Waals surface area contributed by atoms with Gasteiger partial charge < -0.3 is 5.73 Å². The van der Waals surface area contributed by atoms with Gasteiger partial charge in [-0.2, -0.15) is 0 Å². The lowest BCUT2D eigenvalue weighted by molar-refractivity contribution is 0.601. The van der Waals surface area contributed by atoms with Crippen molar-refractivity contribution in [3.05, 3.63) is 63.7 Å². The van der Waals surface area contributed by atoms with Crippen LogP contribution < -0.4 is 5.73 Å². The number of hydrogen-bond acceptors (Lipinski definition) is 3. The molecule has 0 saturated carbocycles. The van der Waals surface area contributed by atoms with Crippen molar-refractivity contribution in [2.24, 2.45) is 5.73 Å². The average molecular weight is 324 g/mol. The molecule has 0 amide bonds. The predicted molar refractivity (Wildman–Crippen MR) is 86.5 cm³/mol. The van der Waals surface area contributed by atoms with E-state index in [0.29, 0.717) is 5.02 Å². The van der Waals surface area contributed by atoms with E-state index >= 15 is 0 Å². The number of halogens is 1. The van der Waals surface area contributed by atoms with Crippen molar-refractivity contribution >= 4 is 21.4 Å². The van der Waals surface area contributed by atoms with Gasteiger partial charge in [0.1, 0.15) is 0 Å². The van der Waals surface area contributed by atoms with Gasteiger partial charge in [-0.1, -0.05) is 29.8 Å². The van der Waals surface area contributed by atoms with Gasteiger partial charge in [0.05, 0.1) is 10.9 Å². The Morgan fingerprint density at radius 3 is 2.33 bits per heavy atom. The third kappa shape index (κ3) is 3.46. The van der Waals surface area contributed by atoms with Crippen LogP contribution in [0.3, 0.4) is 0 Å². The fourth-order valence-electron chi connectivity index (χ4n) is 2.16. The Kier molecular flexibility index (Phi) is 4.42. The van der Waals surface area contributed by atoms with Crippen molar-refractivity contribution in [1.82, 2.24) is 0 Å². The molecule has 21 heavy (non-hydrogen) atoms. The molecular formula is C16H18ClNO2S. The van der Waals surface area contributed by atoms with Crippen LogP contribution in [0.15, 0.2) is 41.3 Å². The fraction of sp³-hybridized carbons (Fsp3) is 0.250. The van der Waals surface area contributed by atoms with E-state index in [1.807, 2.05) is 32.0 Å². The highest BCUT2D eigenvalue weighted by molar-refractivity contribution is 7.90. The molecule has 5 heteroatoms. The van der Waals surface area contributed by atoms with E-state index in [2.05, 4.69) is 0 Å². The molecule has 3 nitrogen and oxygen atoms in total. The van der Waals surface area contributed by atoms with Gasteiger partial charge in [0.15, 0.2) is 9.84 Å². The van der Waals surface area contributed by atoms with Gasteiger partial charge in [0.25, 0.3) is 0 Å². The van der Waals surface area contributed by atoms with Crippen molar-refractivity contribution in [2.75, 3.05) is 6.26 Å². The highest BCUT2D eigenvalue weighted by Gasteiger charge is 2.16. The Labute approximate surface area is 130 Å². The summed E-state index contributed by atoms with van der Waals surface area (Å²) in [6.07, 6.45) is 1.18. The molecule has 112 valence electrons. The van der Waals surface area contributed by atoms with Gasteiger partial charge in [0.2, 0.25) is 0 Å². The normalized spacial score (nSPS) is 13.2. The van der Waals surface area contributed by atoms with Gasteiger partial charge in [0, 0.05) is 11.3 Å². The van der Waals surface area contributed by atoms with Gasteiger partial charge in [-0.05, 0) is 54.3 Å². The number of hydrogen-bond donors (Lipinski definition) is 1. The van der Waals surface area contributed by atoms with Crippen LogP contribution in [0.1, 0.15) is 28.3 Å². The number of nitrogens with two attached hydrogens (primary N) is 1. The quantitative estimate of drug-likeness (QED) is 0.941. The molecule has 0 aliphatic heterocycles. The van der Waals surface area contributed by atoms with Crippen LogP contribution in [0.4, 0.5) is 0 Å². The lowest BCUT2D eigenvalue weighted by Gasteiger charge is -2.17. The zero-order valence-corrected chi connectivity index (χ0v) is 13.8. The molecule has 0 fully saturated rings. The molecule has 0 aliphatic rings. The van der Waals surface area contributed by atoms with Crippen LogP contribution in [0.25, 0.3) is 0 Å². The molecule has 2 aromatic carbocycles. The van der Waals surface area contributed by atoms with Crippen LogP contribution in [0.2, 0.25) is 5.02 Å². The summed E-state index contributed by atoms with van der Waals surface area (Å²) in [6.45, 7) is 3.98. The smallest absolute Gasteiger partial charge is 0.175 e. The summed E-state index contributed by atoms with van der Waals surface area (Å²) in [5, 5.41) is 0.593. The van der Waals surface area contributed by atoms with Crippen molar-refractivity contribution in [2.45, 2.75) is 24.8 Å². The molecule has 0 aliphatic carbocycles. The number of rotatable bonds is 3. The summed E-state index contributed by atoms with van der Waals surface area (Å²) in [5.74, 6) is 0. The number of sulfone groups is 1. The molecule has 0 bridgehead atoms. The third-order valence-electron chi connectivity index (χ3n) is 3.59. The molecule has 1 atom stereocenters. The van der Waals surface area contributed by atoms with Crippen LogP contribution >= 0.6 is 11.6 Å². The molecule has 2 N–H and O–H groups in total. The van der Waals surface area contributed by atoms with E-state index in [-0.39, 0.29) is 4.90 Å². The number of benzene rings is 2. The molecule has 1 unspecified atom stereocenters. The largest absolute Gasteiger partial charge is 0.320 e. The zero-order valence-electron chi connectivity index (χ0n) is 12.2. The Bertz CT molecular complexity index is 785. The van der Waals surface area contributed by atoms with Crippen molar-refractivity contribution in [3.8, 4) is 0 Å². The summed E-state index contributed by atoms with van der Waals surface area (Å²) in [5.41, 5.74) is 9.99. The average Bonchev–Trinajstić information content (AvgIpc) is 2.41. The first kappa shape index (κ1) is 16.0. The van der Waals surface area contributed by atoms with Gasteiger partial charge in [-0.25, -0.2) is 8.42 Å². The van der Waals surface area contributed by atoms with E-state index in [1.54, 1.807) is 18.2 Å². The van der Waals surface area contributed by atoms with E-state index in [0.717, 1.165) is 22.3 Å². The molecule has 2 aromatic rings. The van der Waals surface area contributed by atoms with E-state index in [1.165, 1.54) is 6.26 Å². The first-order valence-corrected chi connectivity index (χ1v) is 8.79. The van der Waals surface area contributed by atoms with E-state index < -0.39 is 15.9 Å². The highest BCUT2D eigenvalue weighted by atomic mass is 35.5. The van der Waals surface area contributed by atoms with Crippen molar-refractivity contribution in [3.63, 3.8) is 0 Å². The van der Waals surface area contributed by atoms with Crippen molar-refractivity contribution in [1.29, 1.82) is 0 Å². The maximum Gasteiger partial charge on any atom is 0.175 e.